The highest BCUT2D eigenvalue weighted by Crippen LogP contribution is 2.32. The van der Waals surface area contributed by atoms with E-state index in [4.69, 9.17) is 9.94 Å². The Bertz CT molecular complexity index is 308. The van der Waals surface area contributed by atoms with Crippen LogP contribution in [0.15, 0.2) is 0 Å². The van der Waals surface area contributed by atoms with Crippen molar-refractivity contribution in [2.24, 2.45) is 11.8 Å². The van der Waals surface area contributed by atoms with Gasteiger partial charge in [-0.2, -0.15) is 0 Å². The van der Waals surface area contributed by atoms with Crippen molar-refractivity contribution < 1.29 is 24.4 Å². The summed E-state index contributed by atoms with van der Waals surface area (Å²) in [4.78, 5) is 29.9. The first-order valence-corrected chi connectivity index (χ1v) is 7.16. The van der Waals surface area contributed by atoms with Crippen LogP contribution in [0.4, 0.5) is 0 Å². The lowest BCUT2D eigenvalue weighted by Crippen LogP contribution is -2.25. The number of hydrogen-bond acceptors (Lipinski definition) is 5. The molecular weight excluding hydrogens is 312 g/mol. The number of hydroxylamine groups is 3. The molecule has 0 aromatic heterocycles. The Labute approximate surface area is 138 Å². The first kappa shape index (κ1) is 23.4. The van der Waals surface area contributed by atoms with Gasteiger partial charge < -0.3 is 9.94 Å². The largest absolute Gasteiger partial charge is 0.481 e. The SMILES string of the molecule is CNOC.CON(C)C(=O)CC1CC1.Cl.O=C(O)CC1CC1. The molecule has 132 valence electrons. The number of amides is 1. The molecule has 7 nitrogen and oxygen atoms in total. The molecule has 0 saturated heterocycles. The number of carbonyl (C=O) groups is 2. The summed E-state index contributed by atoms with van der Waals surface area (Å²) in [6, 6.07) is 0. The maximum atomic E-state index is 11.0. The van der Waals surface area contributed by atoms with E-state index in [1.165, 1.54) is 25.0 Å². The third kappa shape index (κ3) is 15.5. The minimum Gasteiger partial charge on any atom is -0.481 e. The molecule has 22 heavy (non-hydrogen) atoms. The lowest BCUT2D eigenvalue weighted by molar-refractivity contribution is -0.169. The van der Waals surface area contributed by atoms with Gasteiger partial charge in [-0.05, 0) is 37.5 Å². The first-order chi connectivity index (χ1) is 9.94. The van der Waals surface area contributed by atoms with E-state index < -0.39 is 5.97 Å². The summed E-state index contributed by atoms with van der Waals surface area (Å²) in [6.07, 6.45) is 5.73. The Morgan fingerprint density at radius 3 is 1.77 bits per heavy atom. The summed E-state index contributed by atoms with van der Waals surface area (Å²) in [6.45, 7) is 0. The molecule has 0 radical (unpaired) electrons. The van der Waals surface area contributed by atoms with Crippen LogP contribution in [0.3, 0.4) is 0 Å². The average molecular weight is 341 g/mol. The van der Waals surface area contributed by atoms with Crippen LogP contribution in [0, 0.1) is 11.8 Å². The van der Waals surface area contributed by atoms with E-state index in [0.717, 1.165) is 12.8 Å². The Morgan fingerprint density at radius 1 is 1.14 bits per heavy atom. The third-order valence-electron chi connectivity index (χ3n) is 3.15. The van der Waals surface area contributed by atoms with Gasteiger partial charge in [-0.25, -0.2) is 10.5 Å². The summed E-state index contributed by atoms with van der Waals surface area (Å²) in [5, 5.41) is 9.41. The number of hydrogen-bond donors (Lipinski definition) is 2. The van der Waals surface area contributed by atoms with E-state index in [-0.39, 0.29) is 18.3 Å². The molecule has 2 aliphatic rings. The Kier molecular flexibility index (Phi) is 14.6. The van der Waals surface area contributed by atoms with Gasteiger partial charge in [0.2, 0.25) is 5.91 Å². The molecule has 0 atom stereocenters. The summed E-state index contributed by atoms with van der Waals surface area (Å²) in [5.74, 6) is 0.607. The number of carboxylic acid groups (broad SMARTS) is 1. The zero-order valence-electron chi connectivity index (χ0n) is 13.8. The third-order valence-corrected chi connectivity index (χ3v) is 3.15. The molecule has 0 aromatic carbocycles. The zero-order chi connectivity index (χ0) is 16.3. The summed E-state index contributed by atoms with van der Waals surface area (Å²) in [7, 11) is 6.43. The molecule has 0 spiro atoms. The number of nitrogens with zero attached hydrogens (tertiary/aromatic N) is 1. The van der Waals surface area contributed by atoms with E-state index in [9.17, 15) is 9.59 Å². The van der Waals surface area contributed by atoms with Crippen LogP contribution in [0.2, 0.25) is 0 Å². The topological polar surface area (TPSA) is 88.1 Å². The highest BCUT2D eigenvalue weighted by Gasteiger charge is 2.25. The van der Waals surface area contributed by atoms with E-state index in [1.54, 1.807) is 21.2 Å². The Morgan fingerprint density at radius 2 is 1.55 bits per heavy atom. The maximum Gasteiger partial charge on any atom is 0.303 e. The minimum absolute atomic E-state index is 0. The lowest BCUT2D eigenvalue weighted by atomic mass is 10.3. The van der Waals surface area contributed by atoms with Gasteiger partial charge in [0.05, 0.1) is 14.2 Å². The van der Waals surface area contributed by atoms with Gasteiger partial charge in [0.1, 0.15) is 0 Å². The summed E-state index contributed by atoms with van der Waals surface area (Å²) >= 11 is 0. The fraction of sp³-hybridized carbons (Fsp3) is 0.857. The first-order valence-electron chi connectivity index (χ1n) is 7.16. The number of nitrogens with one attached hydrogen (secondary N) is 1. The quantitative estimate of drug-likeness (QED) is 0.718. The molecule has 2 N–H and O–H groups in total. The van der Waals surface area contributed by atoms with Crippen LogP contribution in [-0.4, -0.2) is 50.4 Å². The van der Waals surface area contributed by atoms with Gasteiger partial charge in [0.15, 0.2) is 0 Å². The zero-order valence-corrected chi connectivity index (χ0v) is 14.6. The van der Waals surface area contributed by atoms with E-state index in [1.807, 2.05) is 0 Å². The van der Waals surface area contributed by atoms with Gasteiger partial charge in [-0.3, -0.25) is 14.4 Å². The highest BCUT2D eigenvalue weighted by molar-refractivity contribution is 5.85. The van der Waals surface area contributed by atoms with Crippen molar-refractivity contribution in [3.05, 3.63) is 0 Å². The average Bonchev–Trinajstić information content (AvgIpc) is 3.35. The molecule has 0 bridgehead atoms. The standard InChI is InChI=1S/C7H13NO2.C5H8O2.C2H7NO.ClH/c1-8(10-2)7(9)5-6-3-4-6;6-5(7)3-4-1-2-4;1-3-4-2;/h6H,3-5H2,1-2H3;4H,1-3H2,(H,6,7);3H,1-2H3;1H. The molecule has 1 amide bonds. The minimum atomic E-state index is -0.650. The predicted molar refractivity (Wildman–Crippen MR) is 85.4 cm³/mol. The Hall–Kier alpha value is -0.890. The predicted octanol–water partition coefficient (Wildman–Crippen LogP) is 1.87. The monoisotopic (exact) mass is 340 g/mol. The number of rotatable bonds is 6. The number of aliphatic carboxylic acids is 1. The van der Waals surface area contributed by atoms with Crippen LogP contribution in [-0.2, 0) is 19.3 Å². The molecule has 2 saturated carbocycles. The van der Waals surface area contributed by atoms with Crippen molar-refractivity contribution >= 4 is 24.3 Å². The van der Waals surface area contributed by atoms with E-state index in [0.29, 0.717) is 24.7 Å². The molecule has 0 aliphatic heterocycles. The fourth-order valence-electron chi connectivity index (χ4n) is 1.37. The van der Waals surface area contributed by atoms with Crippen LogP contribution < -0.4 is 5.48 Å². The molecule has 0 unspecified atom stereocenters. The van der Waals surface area contributed by atoms with E-state index >= 15 is 0 Å². The summed E-state index contributed by atoms with van der Waals surface area (Å²) < 4.78 is 0. The van der Waals surface area contributed by atoms with E-state index in [2.05, 4.69) is 10.3 Å². The second-order valence-corrected chi connectivity index (χ2v) is 5.17. The van der Waals surface area contributed by atoms with Crippen LogP contribution in [0.25, 0.3) is 0 Å². The molecular formula is C14H29ClN2O5. The van der Waals surface area contributed by atoms with Crippen molar-refractivity contribution in [2.75, 3.05) is 28.3 Å². The second kappa shape index (κ2) is 13.8. The fourth-order valence-corrected chi connectivity index (χ4v) is 1.37. The molecule has 2 rings (SSSR count). The van der Waals surface area contributed by atoms with Gasteiger partial charge in [-0.1, -0.05) is 0 Å². The molecule has 8 heteroatoms. The molecule has 0 heterocycles. The van der Waals surface area contributed by atoms with Crippen molar-refractivity contribution in [3.8, 4) is 0 Å². The van der Waals surface area contributed by atoms with Crippen molar-refractivity contribution in [2.45, 2.75) is 38.5 Å². The molecule has 2 aliphatic carbocycles. The number of halogens is 1. The number of carbonyl (C=O) groups excluding carboxylic acids is 1. The smallest absolute Gasteiger partial charge is 0.303 e. The maximum absolute atomic E-state index is 11.0. The van der Waals surface area contributed by atoms with Gasteiger partial charge in [0, 0.05) is 26.9 Å². The van der Waals surface area contributed by atoms with Crippen molar-refractivity contribution in [1.82, 2.24) is 10.5 Å². The van der Waals surface area contributed by atoms with Gasteiger partial charge >= 0.3 is 5.97 Å². The lowest BCUT2D eigenvalue weighted by Gasteiger charge is -2.12. The number of carboxylic acids is 1. The second-order valence-electron chi connectivity index (χ2n) is 5.17. The van der Waals surface area contributed by atoms with Crippen LogP contribution in [0.1, 0.15) is 38.5 Å². The van der Waals surface area contributed by atoms with Crippen LogP contribution in [0.5, 0.6) is 0 Å². The highest BCUT2D eigenvalue weighted by atomic mass is 35.5. The summed E-state index contributed by atoms with van der Waals surface area (Å²) in [5.41, 5.74) is 2.43. The normalized spacial score (nSPS) is 15.3. The van der Waals surface area contributed by atoms with Gasteiger partial charge in [-0.15, -0.1) is 12.4 Å². The molecule has 0 aromatic rings. The van der Waals surface area contributed by atoms with Crippen molar-refractivity contribution in [3.63, 3.8) is 0 Å². The van der Waals surface area contributed by atoms with Crippen LogP contribution >= 0.6 is 12.4 Å². The van der Waals surface area contributed by atoms with Gasteiger partial charge in [0.25, 0.3) is 0 Å². The Balaban J connectivity index is 0. The van der Waals surface area contributed by atoms with Crippen molar-refractivity contribution in [1.29, 1.82) is 0 Å². The molecule has 2 fully saturated rings.